The molecule has 36 heavy (non-hydrogen) atoms. The summed E-state index contributed by atoms with van der Waals surface area (Å²) in [6.45, 7) is -0.281. The molecule has 0 fully saturated rings. The molecular weight excluding hydrogens is 518 g/mol. The van der Waals surface area contributed by atoms with Crippen LogP contribution < -0.4 is 14.8 Å². The lowest BCUT2D eigenvalue weighted by Crippen LogP contribution is -2.21. The summed E-state index contributed by atoms with van der Waals surface area (Å²) in [5.74, 6) is -0.304. The first-order valence-corrected chi connectivity index (χ1v) is 11.3. The Morgan fingerprint density at radius 1 is 0.917 bits per heavy atom. The second kappa shape index (κ2) is 10.9. The molecule has 11 heteroatoms. The lowest BCUT2D eigenvalue weighted by Gasteiger charge is -2.11. The van der Waals surface area contributed by atoms with E-state index in [1.54, 1.807) is 42.5 Å². The SMILES string of the molecule is O=C(COc1cc(C(F)(F)F)nn1-c1ccccc1Cl)Nc1ccc(OCc2ccccc2Cl)cc1. The van der Waals surface area contributed by atoms with Gasteiger partial charge in [-0.3, -0.25) is 4.79 Å². The highest BCUT2D eigenvalue weighted by molar-refractivity contribution is 6.32. The highest BCUT2D eigenvalue weighted by atomic mass is 35.5. The van der Waals surface area contributed by atoms with Crippen LogP contribution in [0, 0.1) is 0 Å². The number of amides is 1. The number of halogens is 5. The van der Waals surface area contributed by atoms with Crippen LogP contribution in [-0.4, -0.2) is 22.3 Å². The summed E-state index contributed by atoms with van der Waals surface area (Å²) < 4.78 is 51.7. The topological polar surface area (TPSA) is 65.4 Å². The van der Waals surface area contributed by atoms with Crippen LogP contribution >= 0.6 is 23.2 Å². The molecule has 0 bridgehead atoms. The van der Waals surface area contributed by atoms with Crippen molar-refractivity contribution < 1.29 is 27.4 Å². The fourth-order valence-electron chi connectivity index (χ4n) is 3.15. The van der Waals surface area contributed by atoms with Crippen LogP contribution in [0.15, 0.2) is 78.9 Å². The molecular formula is C25H18Cl2F3N3O3. The van der Waals surface area contributed by atoms with Gasteiger partial charge in [-0.05, 0) is 42.5 Å². The minimum atomic E-state index is -4.71. The summed E-state index contributed by atoms with van der Waals surface area (Å²) in [6.07, 6.45) is -4.71. The van der Waals surface area contributed by atoms with Crippen molar-refractivity contribution in [3.05, 3.63) is 100 Å². The predicted octanol–water partition coefficient (Wildman–Crippen LogP) is 6.79. The number of para-hydroxylation sites is 1. The van der Waals surface area contributed by atoms with E-state index in [0.717, 1.165) is 10.2 Å². The first-order chi connectivity index (χ1) is 17.2. The van der Waals surface area contributed by atoms with Gasteiger partial charge in [0.2, 0.25) is 5.88 Å². The Kier molecular flexibility index (Phi) is 7.71. The standard InChI is InChI=1S/C25H18Cl2F3N3O3/c26-19-6-2-1-5-16(19)14-35-18-11-9-17(10-12-18)31-23(34)15-36-24-13-22(25(28,29)30)32-33(24)21-8-4-3-7-20(21)27/h1-13H,14-15H2,(H,31,34). The zero-order valence-electron chi connectivity index (χ0n) is 18.4. The van der Waals surface area contributed by atoms with Gasteiger partial charge in [0.25, 0.3) is 5.91 Å². The van der Waals surface area contributed by atoms with E-state index in [1.807, 2.05) is 18.2 Å². The summed E-state index contributed by atoms with van der Waals surface area (Å²) in [5.41, 5.74) is 0.283. The van der Waals surface area contributed by atoms with Crippen LogP contribution in [0.1, 0.15) is 11.3 Å². The van der Waals surface area contributed by atoms with Crippen molar-refractivity contribution in [3.8, 4) is 17.3 Å². The Morgan fingerprint density at radius 2 is 1.58 bits per heavy atom. The molecule has 186 valence electrons. The molecule has 1 heterocycles. The summed E-state index contributed by atoms with van der Waals surface area (Å²) >= 11 is 12.2. The Morgan fingerprint density at radius 3 is 2.25 bits per heavy atom. The molecule has 3 aromatic carbocycles. The van der Waals surface area contributed by atoms with E-state index in [0.29, 0.717) is 22.5 Å². The largest absolute Gasteiger partial charge is 0.489 e. The highest BCUT2D eigenvalue weighted by Gasteiger charge is 2.36. The normalized spacial score (nSPS) is 11.2. The van der Waals surface area contributed by atoms with E-state index in [4.69, 9.17) is 32.7 Å². The second-order valence-corrected chi connectivity index (χ2v) is 8.28. The number of anilines is 1. The number of nitrogens with one attached hydrogen (secondary N) is 1. The number of hydrogen-bond donors (Lipinski definition) is 1. The van der Waals surface area contributed by atoms with Gasteiger partial charge in [0, 0.05) is 22.3 Å². The van der Waals surface area contributed by atoms with Gasteiger partial charge in [0.1, 0.15) is 12.4 Å². The molecule has 0 spiro atoms. The van der Waals surface area contributed by atoms with Gasteiger partial charge in [0.15, 0.2) is 12.3 Å². The summed E-state index contributed by atoms with van der Waals surface area (Å²) in [7, 11) is 0. The van der Waals surface area contributed by atoms with Gasteiger partial charge in [-0.2, -0.15) is 23.0 Å². The van der Waals surface area contributed by atoms with Gasteiger partial charge >= 0.3 is 6.18 Å². The van der Waals surface area contributed by atoms with Crippen LogP contribution in [0.3, 0.4) is 0 Å². The molecule has 1 amide bonds. The van der Waals surface area contributed by atoms with E-state index >= 15 is 0 Å². The second-order valence-electron chi connectivity index (χ2n) is 7.47. The van der Waals surface area contributed by atoms with Gasteiger partial charge < -0.3 is 14.8 Å². The van der Waals surface area contributed by atoms with Crippen LogP contribution in [0.4, 0.5) is 18.9 Å². The molecule has 6 nitrogen and oxygen atoms in total. The number of alkyl halides is 3. The molecule has 4 rings (SSSR count). The molecule has 4 aromatic rings. The maximum Gasteiger partial charge on any atom is 0.435 e. The van der Waals surface area contributed by atoms with E-state index in [-0.39, 0.29) is 23.2 Å². The molecule has 0 unspecified atom stereocenters. The molecule has 0 aliphatic carbocycles. The van der Waals surface area contributed by atoms with Crippen LogP contribution in [0.5, 0.6) is 11.6 Å². The van der Waals surface area contributed by atoms with Crippen molar-refractivity contribution in [2.75, 3.05) is 11.9 Å². The average molecular weight is 536 g/mol. The van der Waals surface area contributed by atoms with Crippen molar-refractivity contribution in [3.63, 3.8) is 0 Å². The molecule has 1 N–H and O–H groups in total. The molecule has 0 atom stereocenters. The number of rotatable bonds is 8. The molecule has 0 saturated carbocycles. The number of aromatic nitrogens is 2. The highest BCUT2D eigenvalue weighted by Crippen LogP contribution is 2.33. The number of nitrogens with zero attached hydrogens (tertiary/aromatic N) is 2. The number of hydrogen-bond acceptors (Lipinski definition) is 4. The van der Waals surface area contributed by atoms with E-state index in [1.165, 1.54) is 12.1 Å². The number of benzene rings is 3. The summed E-state index contributed by atoms with van der Waals surface area (Å²) in [4.78, 5) is 12.4. The molecule has 0 aliphatic heterocycles. The van der Waals surface area contributed by atoms with Crippen molar-refractivity contribution in [2.45, 2.75) is 12.8 Å². The third-order valence-corrected chi connectivity index (χ3v) is 5.58. The zero-order chi connectivity index (χ0) is 25.7. The van der Waals surface area contributed by atoms with Crippen molar-refractivity contribution in [1.29, 1.82) is 0 Å². The fraction of sp³-hybridized carbons (Fsp3) is 0.120. The molecule has 0 radical (unpaired) electrons. The molecule has 0 saturated heterocycles. The smallest absolute Gasteiger partial charge is 0.435 e. The first-order valence-electron chi connectivity index (χ1n) is 10.5. The van der Waals surface area contributed by atoms with E-state index in [2.05, 4.69) is 10.4 Å². The van der Waals surface area contributed by atoms with Crippen molar-refractivity contribution >= 4 is 34.8 Å². The van der Waals surface area contributed by atoms with Gasteiger partial charge in [0.05, 0.1) is 10.7 Å². The minimum absolute atomic E-state index is 0.167. The van der Waals surface area contributed by atoms with E-state index < -0.39 is 24.4 Å². The van der Waals surface area contributed by atoms with Crippen molar-refractivity contribution in [2.24, 2.45) is 0 Å². The predicted molar refractivity (Wildman–Crippen MR) is 130 cm³/mol. The zero-order valence-corrected chi connectivity index (χ0v) is 19.9. The van der Waals surface area contributed by atoms with Crippen LogP contribution in [-0.2, 0) is 17.6 Å². The Balaban J connectivity index is 1.38. The lowest BCUT2D eigenvalue weighted by molar-refractivity contribution is -0.141. The Labute approximate surface area is 214 Å². The van der Waals surface area contributed by atoms with Crippen molar-refractivity contribution in [1.82, 2.24) is 9.78 Å². The third-order valence-electron chi connectivity index (χ3n) is 4.89. The number of carbonyl (C=O) groups is 1. The Hall–Kier alpha value is -3.69. The summed E-state index contributed by atoms with van der Waals surface area (Å²) in [6, 6.07) is 20.8. The monoisotopic (exact) mass is 535 g/mol. The summed E-state index contributed by atoms with van der Waals surface area (Å²) in [5, 5.41) is 6.93. The van der Waals surface area contributed by atoms with Crippen LogP contribution in [0.25, 0.3) is 5.69 Å². The first kappa shape index (κ1) is 25.4. The number of carbonyl (C=O) groups excluding carboxylic acids is 1. The fourth-order valence-corrected chi connectivity index (χ4v) is 3.56. The van der Waals surface area contributed by atoms with Gasteiger partial charge in [-0.25, -0.2) is 0 Å². The maximum absolute atomic E-state index is 13.2. The maximum atomic E-state index is 13.2. The molecule has 0 aliphatic rings. The van der Waals surface area contributed by atoms with E-state index in [9.17, 15) is 18.0 Å². The third kappa shape index (κ3) is 6.30. The van der Waals surface area contributed by atoms with Gasteiger partial charge in [-0.15, -0.1) is 0 Å². The lowest BCUT2D eigenvalue weighted by atomic mass is 10.2. The average Bonchev–Trinajstić information content (AvgIpc) is 3.28. The van der Waals surface area contributed by atoms with Gasteiger partial charge in [-0.1, -0.05) is 53.5 Å². The number of ether oxygens (including phenoxy) is 2. The molecule has 1 aromatic heterocycles. The van der Waals surface area contributed by atoms with Crippen LogP contribution in [0.2, 0.25) is 10.0 Å². The quantitative estimate of drug-likeness (QED) is 0.269. The Bertz CT molecular complexity index is 1360. The minimum Gasteiger partial charge on any atom is -0.489 e.